The van der Waals surface area contributed by atoms with E-state index in [0.717, 1.165) is 18.8 Å². The van der Waals surface area contributed by atoms with Crippen LogP contribution in [0.4, 0.5) is 0 Å². The Bertz CT molecular complexity index is 644. The maximum atomic E-state index is 12.9. The van der Waals surface area contributed by atoms with Crippen LogP contribution in [-0.2, 0) is 21.4 Å². The van der Waals surface area contributed by atoms with Crippen LogP contribution in [0.2, 0.25) is 0 Å². The molecule has 0 aliphatic carbocycles. The highest BCUT2D eigenvalue weighted by Gasteiger charge is 2.32. The molecule has 0 atom stereocenters. The van der Waals surface area contributed by atoms with Crippen LogP contribution in [0.5, 0.6) is 0 Å². The molecule has 2 fully saturated rings. The lowest BCUT2D eigenvalue weighted by Gasteiger charge is -2.27. The molecule has 8 heteroatoms. The maximum absolute atomic E-state index is 12.9. The van der Waals surface area contributed by atoms with Gasteiger partial charge >= 0.3 is 0 Å². The molecular formula is C15H26N4O3S. The quantitative estimate of drug-likeness (QED) is 0.815. The largest absolute Gasteiger partial charge is 0.379 e. The van der Waals surface area contributed by atoms with E-state index in [2.05, 4.69) is 10.00 Å². The van der Waals surface area contributed by atoms with E-state index in [4.69, 9.17) is 4.74 Å². The number of morpholine rings is 1. The summed E-state index contributed by atoms with van der Waals surface area (Å²) in [6.45, 7) is 8.18. The number of hydrogen-bond acceptors (Lipinski definition) is 5. The molecule has 0 amide bonds. The molecule has 2 aliphatic rings. The van der Waals surface area contributed by atoms with Crippen molar-refractivity contribution in [1.82, 2.24) is 19.0 Å². The number of nitrogens with zero attached hydrogens (tertiary/aromatic N) is 4. The number of likely N-dealkylation sites (tertiary alicyclic amines) is 1. The van der Waals surface area contributed by atoms with E-state index in [0.29, 0.717) is 43.6 Å². The molecule has 23 heavy (non-hydrogen) atoms. The van der Waals surface area contributed by atoms with Crippen LogP contribution in [0, 0.1) is 13.8 Å². The Morgan fingerprint density at radius 1 is 1.04 bits per heavy atom. The number of ether oxygens (including phenoxy) is 1. The SMILES string of the molecule is Cc1nn(CN2CCCCC2)c(C)c1S(=O)(=O)N1CCOCC1. The van der Waals surface area contributed by atoms with Crippen molar-refractivity contribution in [2.75, 3.05) is 39.4 Å². The predicted octanol–water partition coefficient (Wildman–Crippen LogP) is 0.964. The second kappa shape index (κ2) is 6.88. The Balaban J connectivity index is 1.84. The van der Waals surface area contributed by atoms with Gasteiger partial charge in [0.15, 0.2) is 0 Å². The van der Waals surface area contributed by atoms with Crippen molar-refractivity contribution in [3.05, 3.63) is 11.4 Å². The van der Waals surface area contributed by atoms with Crippen molar-refractivity contribution in [2.45, 2.75) is 44.7 Å². The molecule has 0 saturated carbocycles. The smallest absolute Gasteiger partial charge is 0.246 e. The first-order chi connectivity index (χ1) is 11.0. The second-order valence-corrected chi connectivity index (χ2v) is 8.21. The van der Waals surface area contributed by atoms with Gasteiger partial charge in [-0.25, -0.2) is 8.42 Å². The van der Waals surface area contributed by atoms with Gasteiger partial charge in [-0.2, -0.15) is 9.40 Å². The fraction of sp³-hybridized carbons (Fsp3) is 0.800. The van der Waals surface area contributed by atoms with Gasteiger partial charge in [0.05, 0.1) is 31.3 Å². The Morgan fingerprint density at radius 2 is 1.70 bits per heavy atom. The third-order valence-corrected chi connectivity index (χ3v) is 6.82. The highest BCUT2D eigenvalue weighted by atomic mass is 32.2. The fourth-order valence-corrected chi connectivity index (χ4v) is 5.18. The van der Waals surface area contributed by atoms with Crippen molar-refractivity contribution in [1.29, 1.82) is 0 Å². The Hall–Kier alpha value is -0.960. The molecule has 1 aromatic heterocycles. The summed E-state index contributed by atoms with van der Waals surface area (Å²) < 4.78 is 34.5. The minimum atomic E-state index is -3.49. The first kappa shape index (κ1) is 16.9. The molecule has 3 rings (SSSR count). The van der Waals surface area contributed by atoms with Crippen LogP contribution in [0.1, 0.15) is 30.7 Å². The van der Waals surface area contributed by atoms with Crippen LogP contribution >= 0.6 is 0 Å². The van der Waals surface area contributed by atoms with Crippen molar-refractivity contribution >= 4 is 10.0 Å². The molecule has 3 heterocycles. The minimum absolute atomic E-state index is 0.372. The second-order valence-electron chi connectivity index (χ2n) is 6.34. The third-order valence-electron chi connectivity index (χ3n) is 4.67. The fourth-order valence-electron chi connectivity index (χ4n) is 3.40. The highest BCUT2D eigenvalue weighted by molar-refractivity contribution is 7.89. The average molecular weight is 342 g/mol. The maximum Gasteiger partial charge on any atom is 0.246 e. The van der Waals surface area contributed by atoms with Crippen molar-refractivity contribution in [3.8, 4) is 0 Å². The monoisotopic (exact) mass is 342 g/mol. The van der Waals surface area contributed by atoms with Gasteiger partial charge < -0.3 is 4.74 Å². The molecule has 0 bridgehead atoms. The van der Waals surface area contributed by atoms with E-state index in [1.807, 2.05) is 11.6 Å². The summed E-state index contributed by atoms with van der Waals surface area (Å²) in [4.78, 5) is 2.71. The third kappa shape index (κ3) is 3.45. The van der Waals surface area contributed by atoms with E-state index in [-0.39, 0.29) is 0 Å². The molecule has 130 valence electrons. The zero-order valence-corrected chi connectivity index (χ0v) is 14.8. The van der Waals surface area contributed by atoms with Crippen LogP contribution in [-0.4, -0.2) is 66.8 Å². The highest BCUT2D eigenvalue weighted by Crippen LogP contribution is 2.24. The molecule has 0 spiro atoms. The van der Waals surface area contributed by atoms with Gasteiger partial charge in [-0.15, -0.1) is 0 Å². The summed E-state index contributed by atoms with van der Waals surface area (Å²) in [5.74, 6) is 0. The first-order valence-electron chi connectivity index (χ1n) is 8.34. The van der Waals surface area contributed by atoms with Crippen molar-refractivity contribution in [3.63, 3.8) is 0 Å². The normalized spacial score (nSPS) is 21.7. The van der Waals surface area contributed by atoms with Gasteiger partial charge in [0, 0.05) is 13.1 Å². The topological polar surface area (TPSA) is 67.7 Å². The minimum Gasteiger partial charge on any atom is -0.379 e. The standard InChI is InChI=1S/C15H26N4O3S/c1-13-15(23(20,21)18-8-10-22-11-9-18)14(2)19(16-13)12-17-6-4-3-5-7-17/h3-12H2,1-2H3. The molecule has 0 N–H and O–H groups in total. The summed E-state index contributed by atoms with van der Waals surface area (Å²) in [6, 6.07) is 0. The number of sulfonamides is 1. The lowest BCUT2D eigenvalue weighted by molar-refractivity contribution is 0.0730. The summed E-state index contributed by atoms with van der Waals surface area (Å²) in [5.41, 5.74) is 1.32. The average Bonchev–Trinajstić information content (AvgIpc) is 2.83. The number of aromatic nitrogens is 2. The van der Waals surface area contributed by atoms with Crippen LogP contribution in [0.15, 0.2) is 4.90 Å². The molecule has 0 radical (unpaired) electrons. The molecule has 7 nitrogen and oxygen atoms in total. The molecule has 1 aromatic rings. The van der Waals surface area contributed by atoms with Crippen LogP contribution < -0.4 is 0 Å². The van der Waals surface area contributed by atoms with Gasteiger partial charge in [-0.1, -0.05) is 6.42 Å². The van der Waals surface area contributed by atoms with E-state index >= 15 is 0 Å². The molecule has 2 aliphatic heterocycles. The lowest BCUT2D eigenvalue weighted by atomic mass is 10.1. The lowest BCUT2D eigenvalue weighted by Crippen LogP contribution is -2.41. The van der Waals surface area contributed by atoms with E-state index < -0.39 is 10.0 Å². The number of piperidine rings is 1. The first-order valence-corrected chi connectivity index (χ1v) is 9.78. The van der Waals surface area contributed by atoms with E-state index in [1.54, 1.807) is 6.92 Å². The summed E-state index contributed by atoms with van der Waals surface area (Å²) in [6.07, 6.45) is 3.70. The Kier molecular flexibility index (Phi) is 5.05. The summed E-state index contributed by atoms with van der Waals surface area (Å²) in [5, 5.41) is 4.50. The van der Waals surface area contributed by atoms with Crippen LogP contribution in [0.3, 0.4) is 0 Å². The van der Waals surface area contributed by atoms with Gasteiger partial charge in [0.1, 0.15) is 4.90 Å². The van der Waals surface area contributed by atoms with Crippen LogP contribution in [0.25, 0.3) is 0 Å². The van der Waals surface area contributed by atoms with Crippen molar-refractivity contribution in [2.24, 2.45) is 0 Å². The van der Waals surface area contributed by atoms with E-state index in [1.165, 1.54) is 23.6 Å². The molecular weight excluding hydrogens is 316 g/mol. The molecule has 0 unspecified atom stereocenters. The van der Waals surface area contributed by atoms with Crippen molar-refractivity contribution < 1.29 is 13.2 Å². The van der Waals surface area contributed by atoms with Gasteiger partial charge in [-0.05, 0) is 39.8 Å². The van der Waals surface area contributed by atoms with Gasteiger partial charge in [0.25, 0.3) is 0 Å². The van der Waals surface area contributed by atoms with Gasteiger partial charge in [0.2, 0.25) is 10.0 Å². The molecule has 2 saturated heterocycles. The number of aryl methyl sites for hydroxylation is 1. The predicted molar refractivity (Wildman–Crippen MR) is 86.7 cm³/mol. The number of hydrogen-bond donors (Lipinski definition) is 0. The summed E-state index contributed by atoms with van der Waals surface area (Å²) in [7, 11) is -3.49. The summed E-state index contributed by atoms with van der Waals surface area (Å²) >= 11 is 0. The Labute approximate surface area is 138 Å². The number of rotatable bonds is 4. The zero-order valence-electron chi connectivity index (χ0n) is 14.0. The van der Waals surface area contributed by atoms with Gasteiger partial charge in [-0.3, -0.25) is 9.58 Å². The Morgan fingerprint density at radius 3 is 2.35 bits per heavy atom. The molecule has 0 aromatic carbocycles. The zero-order chi connectivity index (χ0) is 16.4. The van der Waals surface area contributed by atoms with E-state index in [9.17, 15) is 8.42 Å².